The number of oxazole rings is 1. The van der Waals surface area contributed by atoms with E-state index in [2.05, 4.69) is 42.9 Å². The van der Waals surface area contributed by atoms with Gasteiger partial charge in [0.1, 0.15) is 11.3 Å². The number of rotatable bonds is 3. The minimum absolute atomic E-state index is 0.102. The highest BCUT2D eigenvalue weighted by Crippen LogP contribution is 2.30. The highest BCUT2D eigenvalue weighted by Gasteiger charge is 2.15. The number of hydrogen-bond acceptors (Lipinski definition) is 4. The van der Waals surface area contributed by atoms with Gasteiger partial charge in [-0.15, -0.1) is 0 Å². The Morgan fingerprint density at radius 3 is 2.47 bits per heavy atom. The Kier molecular flexibility index (Phi) is 4.78. The third-order valence-electron chi connectivity index (χ3n) is 5.66. The van der Waals surface area contributed by atoms with E-state index in [1.54, 1.807) is 12.3 Å². The molecule has 0 aliphatic heterocycles. The molecule has 0 bridgehead atoms. The molecule has 158 valence electrons. The number of hydrogen-bond donors (Lipinski definition) is 1. The molecule has 0 saturated carbocycles. The van der Waals surface area contributed by atoms with Gasteiger partial charge < -0.3 is 9.52 Å². The second-order valence-corrected chi connectivity index (χ2v) is 8.98. The summed E-state index contributed by atoms with van der Waals surface area (Å²) in [5.41, 5.74) is 5.20. The van der Waals surface area contributed by atoms with E-state index in [9.17, 15) is 5.11 Å². The summed E-state index contributed by atoms with van der Waals surface area (Å²) in [6.07, 6.45) is 1.70. The van der Waals surface area contributed by atoms with Crippen LogP contribution in [0, 0.1) is 0 Å². The van der Waals surface area contributed by atoms with Gasteiger partial charge in [-0.3, -0.25) is 4.99 Å². The van der Waals surface area contributed by atoms with Crippen LogP contribution in [-0.2, 0) is 5.41 Å². The third-order valence-corrected chi connectivity index (χ3v) is 5.66. The molecule has 0 unspecified atom stereocenters. The normalized spacial score (nSPS) is 12.2. The maximum absolute atomic E-state index is 10.3. The topological polar surface area (TPSA) is 58.6 Å². The molecule has 4 nitrogen and oxygen atoms in total. The van der Waals surface area contributed by atoms with Crippen LogP contribution in [0.5, 0.6) is 5.75 Å². The van der Waals surface area contributed by atoms with Gasteiger partial charge in [-0.2, -0.15) is 0 Å². The lowest BCUT2D eigenvalue weighted by molar-refractivity contribution is 0.475. The van der Waals surface area contributed by atoms with E-state index < -0.39 is 0 Å². The Morgan fingerprint density at radius 2 is 1.69 bits per heavy atom. The summed E-state index contributed by atoms with van der Waals surface area (Å²) in [4.78, 5) is 9.22. The predicted octanol–water partition coefficient (Wildman–Crippen LogP) is 7.40. The Labute approximate surface area is 186 Å². The first-order valence-electron chi connectivity index (χ1n) is 10.6. The SMILES string of the molecule is CC(C)(C)c1ccc(-c2nc3ccc(N=Cc4c(O)ccc5ccccc45)cc3o2)cc1. The number of aromatic hydroxyl groups is 1. The quantitative estimate of drug-likeness (QED) is 0.309. The van der Waals surface area contributed by atoms with Crippen LogP contribution in [0.3, 0.4) is 0 Å². The zero-order valence-electron chi connectivity index (χ0n) is 18.3. The van der Waals surface area contributed by atoms with Gasteiger partial charge in [-0.25, -0.2) is 4.98 Å². The molecule has 0 amide bonds. The van der Waals surface area contributed by atoms with Crippen LogP contribution >= 0.6 is 0 Å². The molecule has 0 spiro atoms. The molecule has 4 aromatic carbocycles. The van der Waals surface area contributed by atoms with Gasteiger partial charge in [0.15, 0.2) is 5.58 Å². The molecule has 0 fully saturated rings. The second kappa shape index (κ2) is 7.65. The van der Waals surface area contributed by atoms with E-state index in [1.165, 1.54) is 5.56 Å². The first kappa shape index (κ1) is 20.0. The van der Waals surface area contributed by atoms with Gasteiger partial charge in [0.2, 0.25) is 5.89 Å². The van der Waals surface area contributed by atoms with Crippen molar-refractivity contribution < 1.29 is 9.52 Å². The van der Waals surface area contributed by atoms with Crippen molar-refractivity contribution >= 4 is 33.8 Å². The molecule has 1 aromatic heterocycles. The number of fused-ring (bicyclic) bond motifs is 2. The summed E-state index contributed by atoms with van der Waals surface area (Å²) < 4.78 is 6.03. The lowest BCUT2D eigenvalue weighted by Crippen LogP contribution is -2.10. The Bertz CT molecular complexity index is 1460. The van der Waals surface area contributed by atoms with E-state index in [4.69, 9.17) is 4.42 Å². The molecule has 0 atom stereocenters. The van der Waals surface area contributed by atoms with Crippen molar-refractivity contribution in [1.29, 1.82) is 0 Å². The van der Waals surface area contributed by atoms with Crippen molar-refractivity contribution in [3.63, 3.8) is 0 Å². The Morgan fingerprint density at radius 1 is 0.906 bits per heavy atom. The fourth-order valence-corrected chi connectivity index (χ4v) is 3.79. The number of benzene rings is 4. The summed E-state index contributed by atoms with van der Waals surface area (Å²) in [6, 6.07) is 25.5. The number of aliphatic imine (C=N–C) groups is 1. The molecule has 5 rings (SSSR count). The van der Waals surface area contributed by atoms with Crippen LogP contribution in [0.4, 0.5) is 5.69 Å². The zero-order chi connectivity index (χ0) is 22.3. The fourth-order valence-electron chi connectivity index (χ4n) is 3.79. The maximum Gasteiger partial charge on any atom is 0.227 e. The van der Waals surface area contributed by atoms with Gasteiger partial charge in [0.25, 0.3) is 0 Å². The average molecular weight is 421 g/mol. The average Bonchev–Trinajstić information content (AvgIpc) is 3.21. The van der Waals surface area contributed by atoms with Gasteiger partial charge in [0.05, 0.1) is 5.69 Å². The van der Waals surface area contributed by atoms with Gasteiger partial charge in [-0.1, -0.05) is 63.2 Å². The molecule has 32 heavy (non-hydrogen) atoms. The number of phenolic OH excluding ortho intramolecular Hbond substituents is 1. The zero-order valence-corrected chi connectivity index (χ0v) is 18.3. The van der Waals surface area contributed by atoms with Crippen LogP contribution < -0.4 is 0 Å². The summed E-state index contributed by atoms with van der Waals surface area (Å²) in [5, 5.41) is 12.3. The molecule has 1 heterocycles. The Hall–Kier alpha value is -3.92. The molecule has 0 radical (unpaired) electrons. The van der Waals surface area contributed by atoms with Crippen LogP contribution in [-0.4, -0.2) is 16.3 Å². The number of aromatic nitrogens is 1. The molecule has 4 heteroatoms. The summed E-state index contributed by atoms with van der Waals surface area (Å²) in [7, 11) is 0. The fraction of sp³-hybridized carbons (Fsp3) is 0.143. The highest BCUT2D eigenvalue weighted by molar-refractivity contribution is 6.03. The van der Waals surface area contributed by atoms with E-state index in [0.717, 1.165) is 27.5 Å². The number of nitrogens with zero attached hydrogens (tertiary/aromatic N) is 2. The van der Waals surface area contributed by atoms with E-state index >= 15 is 0 Å². The smallest absolute Gasteiger partial charge is 0.227 e. The van der Waals surface area contributed by atoms with E-state index in [-0.39, 0.29) is 11.2 Å². The van der Waals surface area contributed by atoms with Crippen molar-refractivity contribution in [1.82, 2.24) is 4.98 Å². The van der Waals surface area contributed by atoms with Crippen LogP contribution in [0.25, 0.3) is 33.3 Å². The monoisotopic (exact) mass is 420 g/mol. The second-order valence-electron chi connectivity index (χ2n) is 8.98. The first-order valence-corrected chi connectivity index (χ1v) is 10.6. The van der Waals surface area contributed by atoms with Crippen molar-refractivity contribution in [2.75, 3.05) is 0 Å². The molecule has 0 aliphatic rings. The maximum atomic E-state index is 10.3. The first-order chi connectivity index (χ1) is 15.4. The molecule has 0 aliphatic carbocycles. The van der Waals surface area contributed by atoms with Crippen molar-refractivity contribution in [2.45, 2.75) is 26.2 Å². The van der Waals surface area contributed by atoms with Gasteiger partial charge in [-0.05, 0) is 52.1 Å². The number of phenols is 1. The molecular weight excluding hydrogens is 396 g/mol. The largest absolute Gasteiger partial charge is 0.507 e. The lowest BCUT2D eigenvalue weighted by atomic mass is 9.87. The van der Waals surface area contributed by atoms with Crippen LogP contribution in [0.2, 0.25) is 0 Å². The highest BCUT2D eigenvalue weighted by atomic mass is 16.3. The van der Waals surface area contributed by atoms with Gasteiger partial charge >= 0.3 is 0 Å². The molecule has 5 aromatic rings. The van der Waals surface area contributed by atoms with Crippen molar-refractivity contribution in [2.24, 2.45) is 4.99 Å². The summed E-state index contributed by atoms with van der Waals surface area (Å²) >= 11 is 0. The summed E-state index contributed by atoms with van der Waals surface area (Å²) in [5.74, 6) is 0.794. The van der Waals surface area contributed by atoms with Crippen molar-refractivity contribution in [3.8, 4) is 17.2 Å². The Balaban J connectivity index is 1.47. The van der Waals surface area contributed by atoms with Crippen LogP contribution in [0.15, 0.2) is 88.3 Å². The molecule has 0 saturated heterocycles. The van der Waals surface area contributed by atoms with E-state index in [1.807, 2.05) is 60.7 Å². The minimum atomic E-state index is 0.102. The minimum Gasteiger partial charge on any atom is -0.507 e. The third kappa shape index (κ3) is 3.76. The predicted molar refractivity (Wildman–Crippen MR) is 131 cm³/mol. The molecular formula is C28H24N2O2. The van der Waals surface area contributed by atoms with Crippen LogP contribution in [0.1, 0.15) is 31.9 Å². The molecule has 1 N–H and O–H groups in total. The van der Waals surface area contributed by atoms with E-state index in [0.29, 0.717) is 17.0 Å². The van der Waals surface area contributed by atoms with Crippen molar-refractivity contribution in [3.05, 3.63) is 90.0 Å². The lowest BCUT2D eigenvalue weighted by Gasteiger charge is -2.18. The summed E-state index contributed by atoms with van der Waals surface area (Å²) in [6.45, 7) is 6.59. The standard InChI is InChI=1S/C28H24N2O2/c1-28(2,3)20-11-8-19(9-12-20)27-30-24-14-13-21(16-26(24)32-27)29-17-23-22-7-5-4-6-18(22)10-15-25(23)31/h4-17,31H,1-3H3. The van der Waals surface area contributed by atoms with Gasteiger partial charge in [0, 0.05) is 23.4 Å².